The number of hydrogen-bond acceptors (Lipinski definition) is 2. The Bertz CT molecular complexity index is 628. The van der Waals surface area contributed by atoms with Crippen molar-refractivity contribution in [2.75, 3.05) is 5.75 Å². The van der Waals surface area contributed by atoms with Gasteiger partial charge in [0.1, 0.15) is 0 Å². The second-order valence-corrected chi connectivity index (χ2v) is 6.28. The van der Waals surface area contributed by atoms with Crippen LogP contribution in [-0.2, 0) is 12.8 Å². The van der Waals surface area contributed by atoms with E-state index in [9.17, 15) is 5.26 Å². The fraction of sp³-hybridized carbons (Fsp3) is 0.278. The van der Waals surface area contributed by atoms with Gasteiger partial charge in [0.15, 0.2) is 0 Å². The highest BCUT2D eigenvalue weighted by Crippen LogP contribution is 2.30. The van der Waals surface area contributed by atoms with Gasteiger partial charge < -0.3 is 0 Å². The van der Waals surface area contributed by atoms with Gasteiger partial charge in [-0.25, -0.2) is 0 Å². The SMILES string of the molecule is N#CC(CSc1ccc2c(c1)CCC2)c1ccccc1. The van der Waals surface area contributed by atoms with E-state index in [4.69, 9.17) is 0 Å². The van der Waals surface area contributed by atoms with Crippen molar-refractivity contribution in [1.29, 1.82) is 5.26 Å². The molecular weight excluding hydrogens is 262 g/mol. The Morgan fingerprint density at radius 1 is 1.05 bits per heavy atom. The van der Waals surface area contributed by atoms with Crippen LogP contribution < -0.4 is 0 Å². The maximum absolute atomic E-state index is 9.35. The predicted molar refractivity (Wildman–Crippen MR) is 84.0 cm³/mol. The van der Waals surface area contributed by atoms with Crippen molar-refractivity contribution in [3.05, 3.63) is 65.2 Å². The predicted octanol–water partition coefficient (Wildman–Crippen LogP) is 4.57. The van der Waals surface area contributed by atoms with Crippen molar-refractivity contribution in [3.8, 4) is 6.07 Å². The summed E-state index contributed by atoms with van der Waals surface area (Å²) in [7, 11) is 0. The molecule has 0 fully saturated rings. The Hall–Kier alpha value is -1.72. The van der Waals surface area contributed by atoms with Gasteiger partial charge in [-0.1, -0.05) is 36.4 Å². The Morgan fingerprint density at radius 3 is 2.65 bits per heavy atom. The van der Waals surface area contributed by atoms with Gasteiger partial charge in [0.25, 0.3) is 0 Å². The van der Waals surface area contributed by atoms with E-state index in [1.165, 1.54) is 35.3 Å². The Kier molecular flexibility index (Phi) is 4.08. The molecule has 0 radical (unpaired) electrons. The van der Waals surface area contributed by atoms with Crippen molar-refractivity contribution in [2.24, 2.45) is 0 Å². The first-order valence-corrected chi connectivity index (χ1v) is 8.04. The molecule has 0 aliphatic heterocycles. The lowest BCUT2D eigenvalue weighted by molar-refractivity contribution is 0.911. The van der Waals surface area contributed by atoms with Gasteiger partial charge in [-0.15, -0.1) is 11.8 Å². The lowest BCUT2D eigenvalue weighted by Crippen LogP contribution is -1.98. The molecule has 1 atom stereocenters. The second kappa shape index (κ2) is 6.15. The molecule has 0 amide bonds. The van der Waals surface area contributed by atoms with Crippen LogP contribution in [0.4, 0.5) is 0 Å². The van der Waals surface area contributed by atoms with E-state index in [1.54, 1.807) is 11.8 Å². The van der Waals surface area contributed by atoms with Gasteiger partial charge in [-0.3, -0.25) is 0 Å². The lowest BCUT2D eigenvalue weighted by atomic mass is 10.0. The normalized spacial score (nSPS) is 14.6. The molecule has 2 aromatic rings. The van der Waals surface area contributed by atoms with Crippen molar-refractivity contribution in [1.82, 2.24) is 0 Å². The summed E-state index contributed by atoms with van der Waals surface area (Å²) in [6.45, 7) is 0. The number of aryl methyl sites for hydroxylation is 2. The van der Waals surface area contributed by atoms with Crippen LogP contribution in [0, 0.1) is 11.3 Å². The maximum Gasteiger partial charge on any atom is 0.0806 e. The topological polar surface area (TPSA) is 23.8 Å². The van der Waals surface area contributed by atoms with Gasteiger partial charge in [0.2, 0.25) is 0 Å². The van der Waals surface area contributed by atoms with Crippen molar-refractivity contribution < 1.29 is 0 Å². The Labute approximate surface area is 124 Å². The largest absolute Gasteiger partial charge is 0.198 e. The highest BCUT2D eigenvalue weighted by Gasteiger charge is 2.13. The number of hydrogen-bond donors (Lipinski definition) is 0. The molecule has 0 saturated carbocycles. The molecule has 20 heavy (non-hydrogen) atoms. The quantitative estimate of drug-likeness (QED) is 0.765. The molecule has 0 heterocycles. The van der Waals surface area contributed by atoms with Crippen LogP contribution in [0.5, 0.6) is 0 Å². The molecule has 2 aromatic carbocycles. The van der Waals surface area contributed by atoms with Crippen molar-refractivity contribution >= 4 is 11.8 Å². The molecule has 1 nitrogen and oxygen atoms in total. The van der Waals surface area contributed by atoms with E-state index in [0.717, 1.165) is 11.3 Å². The molecule has 0 N–H and O–H groups in total. The van der Waals surface area contributed by atoms with E-state index >= 15 is 0 Å². The van der Waals surface area contributed by atoms with Crippen LogP contribution in [0.15, 0.2) is 53.4 Å². The van der Waals surface area contributed by atoms with Crippen LogP contribution in [-0.4, -0.2) is 5.75 Å². The average molecular weight is 279 g/mol. The smallest absolute Gasteiger partial charge is 0.0806 e. The van der Waals surface area contributed by atoms with E-state index in [2.05, 4.69) is 24.3 Å². The molecular formula is C18H17NS. The first-order valence-electron chi connectivity index (χ1n) is 7.06. The van der Waals surface area contributed by atoms with Gasteiger partial charge >= 0.3 is 0 Å². The monoisotopic (exact) mass is 279 g/mol. The van der Waals surface area contributed by atoms with E-state index in [0.29, 0.717) is 0 Å². The van der Waals surface area contributed by atoms with Gasteiger partial charge in [-0.2, -0.15) is 5.26 Å². The number of benzene rings is 2. The fourth-order valence-electron chi connectivity index (χ4n) is 2.71. The summed E-state index contributed by atoms with van der Waals surface area (Å²) in [6.07, 6.45) is 3.73. The molecule has 0 aromatic heterocycles. The zero-order valence-electron chi connectivity index (χ0n) is 11.4. The summed E-state index contributed by atoms with van der Waals surface area (Å²) in [4.78, 5) is 1.29. The second-order valence-electron chi connectivity index (χ2n) is 5.19. The molecule has 2 heteroatoms. The molecule has 1 aliphatic rings. The number of nitriles is 1. The van der Waals surface area contributed by atoms with Crippen LogP contribution >= 0.6 is 11.8 Å². The molecule has 0 saturated heterocycles. The molecule has 3 rings (SSSR count). The molecule has 100 valence electrons. The van der Waals surface area contributed by atoms with E-state index < -0.39 is 0 Å². The van der Waals surface area contributed by atoms with Crippen molar-refractivity contribution in [2.45, 2.75) is 30.1 Å². The third kappa shape index (κ3) is 2.89. The number of rotatable bonds is 4. The number of thioether (sulfide) groups is 1. The standard InChI is InChI=1S/C18H17NS/c19-12-17(14-5-2-1-3-6-14)13-20-18-10-9-15-7-4-8-16(15)11-18/h1-3,5-6,9-11,17H,4,7-8,13H2. The highest BCUT2D eigenvalue weighted by molar-refractivity contribution is 7.99. The van der Waals surface area contributed by atoms with Crippen LogP contribution in [0.3, 0.4) is 0 Å². The summed E-state index contributed by atoms with van der Waals surface area (Å²) < 4.78 is 0. The minimum atomic E-state index is -0.0329. The molecule has 1 aliphatic carbocycles. The summed E-state index contributed by atoms with van der Waals surface area (Å²) in [5.41, 5.74) is 4.13. The minimum Gasteiger partial charge on any atom is -0.198 e. The first kappa shape index (κ1) is 13.3. The average Bonchev–Trinajstić information content (AvgIpc) is 2.96. The Morgan fingerprint density at radius 2 is 1.85 bits per heavy atom. The van der Waals surface area contributed by atoms with Gasteiger partial charge in [-0.05, 0) is 48.1 Å². The third-order valence-electron chi connectivity index (χ3n) is 3.84. The number of fused-ring (bicyclic) bond motifs is 1. The summed E-state index contributed by atoms with van der Waals surface area (Å²) in [5.74, 6) is 0.786. The summed E-state index contributed by atoms with van der Waals surface area (Å²) >= 11 is 1.79. The van der Waals surface area contributed by atoms with Crippen molar-refractivity contribution in [3.63, 3.8) is 0 Å². The minimum absolute atomic E-state index is 0.0329. The molecule has 0 spiro atoms. The van der Waals surface area contributed by atoms with Gasteiger partial charge in [0, 0.05) is 10.6 Å². The summed E-state index contributed by atoms with van der Waals surface area (Å²) in [6, 6.07) is 19.3. The van der Waals surface area contributed by atoms with Crippen LogP contribution in [0.1, 0.15) is 29.0 Å². The Balaban J connectivity index is 1.68. The summed E-state index contributed by atoms with van der Waals surface area (Å²) in [5, 5.41) is 9.35. The first-order chi connectivity index (χ1) is 9.86. The highest BCUT2D eigenvalue weighted by atomic mass is 32.2. The maximum atomic E-state index is 9.35. The zero-order chi connectivity index (χ0) is 13.8. The molecule has 0 bridgehead atoms. The number of nitrogens with zero attached hydrogens (tertiary/aromatic N) is 1. The van der Waals surface area contributed by atoms with Crippen LogP contribution in [0.25, 0.3) is 0 Å². The van der Waals surface area contributed by atoms with E-state index in [-0.39, 0.29) is 5.92 Å². The lowest BCUT2D eigenvalue weighted by Gasteiger charge is -2.10. The van der Waals surface area contributed by atoms with E-state index in [1.807, 2.05) is 30.3 Å². The van der Waals surface area contributed by atoms with Crippen LogP contribution in [0.2, 0.25) is 0 Å². The van der Waals surface area contributed by atoms with Gasteiger partial charge in [0.05, 0.1) is 12.0 Å². The molecule has 1 unspecified atom stereocenters. The third-order valence-corrected chi connectivity index (χ3v) is 4.93. The fourth-order valence-corrected chi connectivity index (χ4v) is 3.73. The zero-order valence-corrected chi connectivity index (χ0v) is 12.2.